The van der Waals surface area contributed by atoms with Gasteiger partial charge in [0.1, 0.15) is 5.75 Å². The number of nitrogens with one attached hydrogen (secondary N) is 1. The molecule has 1 unspecified atom stereocenters. The van der Waals surface area contributed by atoms with Crippen LogP contribution >= 0.6 is 15.9 Å². The Morgan fingerprint density at radius 1 is 1.14 bits per heavy atom. The highest BCUT2D eigenvalue weighted by atomic mass is 79.9. The lowest BCUT2D eigenvalue weighted by atomic mass is 10.1. The van der Waals surface area contributed by atoms with Crippen LogP contribution in [0.2, 0.25) is 0 Å². The Morgan fingerprint density at radius 3 is 2.57 bits per heavy atom. The summed E-state index contributed by atoms with van der Waals surface area (Å²) in [5, 5.41) is 3.24. The minimum Gasteiger partial charge on any atom is -0.492 e. The molecule has 2 aromatic carbocycles. The van der Waals surface area contributed by atoms with Crippen molar-refractivity contribution in [3.8, 4) is 5.75 Å². The number of benzene rings is 2. The van der Waals surface area contributed by atoms with Crippen molar-refractivity contribution >= 4 is 15.9 Å². The zero-order chi connectivity index (χ0) is 15.1. The lowest BCUT2D eigenvalue weighted by molar-refractivity contribution is 0.309. The van der Waals surface area contributed by atoms with Gasteiger partial charge in [-0.3, -0.25) is 0 Å². The number of hydrogen-bond donors (Lipinski definition) is 1. The first-order valence-electron chi connectivity index (χ1n) is 7.34. The molecule has 0 radical (unpaired) electrons. The quantitative estimate of drug-likeness (QED) is 0.730. The van der Waals surface area contributed by atoms with E-state index in [1.54, 1.807) is 0 Å². The van der Waals surface area contributed by atoms with E-state index in [1.807, 2.05) is 19.2 Å². The first-order chi connectivity index (χ1) is 10.2. The Balaban J connectivity index is 1.83. The van der Waals surface area contributed by atoms with Gasteiger partial charge in [-0.1, -0.05) is 36.4 Å². The van der Waals surface area contributed by atoms with Crippen LogP contribution in [0.1, 0.15) is 30.5 Å². The third-order valence-electron chi connectivity index (χ3n) is 3.60. The average molecular weight is 348 g/mol. The van der Waals surface area contributed by atoms with Crippen LogP contribution in [-0.2, 0) is 6.42 Å². The molecule has 0 aliphatic heterocycles. The fourth-order valence-corrected chi connectivity index (χ4v) is 2.68. The third kappa shape index (κ3) is 4.87. The second kappa shape index (κ2) is 8.20. The van der Waals surface area contributed by atoms with Crippen molar-refractivity contribution in [2.24, 2.45) is 0 Å². The topological polar surface area (TPSA) is 21.3 Å². The summed E-state index contributed by atoms with van der Waals surface area (Å²) in [6.07, 6.45) is 2.07. The van der Waals surface area contributed by atoms with Crippen LogP contribution in [0.4, 0.5) is 0 Å². The minimum atomic E-state index is 0.341. The van der Waals surface area contributed by atoms with Gasteiger partial charge in [-0.05, 0) is 66.0 Å². The predicted molar refractivity (Wildman–Crippen MR) is 91.9 cm³/mol. The molecule has 0 aliphatic carbocycles. The van der Waals surface area contributed by atoms with Crippen molar-refractivity contribution in [3.05, 3.63) is 64.1 Å². The molecule has 0 heterocycles. The number of hydrogen-bond acceptors (Lipinski definition) is 2. The van der Waals surface area contributed by atoms with Crippen molar-refractivity contribution in [3.63, 3.8) is 0 Å². The van der Waals surface area contributed by atoms with Crippen molar-refractivity contribution < 1.29 is 4.74 Å². The largest absolute Gasteiger partial charge is 0.492 e. The Bertz CT molecular complexity index is 556. The van der Waals surface area contributed by atoms with Gasteiger partial charge in [0.05, 0.1) is 11.1 Å². The van der Waals surface area contributed by atoms with Crippen LogP contribution in [0.25, 0.3) is 0 Å². The van der Waals surface area contributed by atoms with E-state index in [1.165, 1.54) is 11.1 Å². The van der Waals surface area contributed by atoms with Crippen LogP contribution in [0, 0.1) is 0 Å². The van der Waals surface area contributed by atoms with Gasteiger partial charge in [-0.25, -0.2) is 0 Å². The van der Waals surface area contributed by atoms with Crippen LogP contribution in [0.3, 0.4) is 0 Å². The van der Waals surface area contributed by atoms with Crippen molar-refractivity contribution in [1.82, 2.24) is 5.32 Å². The van der Waals surface area contributed by atoms with E-state index in [9.17, 15) is 0 Å². The molecule has 21 heavy (non-hydrogen) atoms. The van der Waals surface area contributed by atoms with Crippen molar-refractivity contribution in [1.29, 1.82) is 0 Å². The van der Waals surface area contributed by atoms with Gasteiger partial charge >= 0.3 is 0 Å². The van der Waals surface area contributed by atoms with Gasteiger partial charge < -0.3 is 10.1 Å². The number of aryl methyl sites for hydroxylation is 1. The van der Waals surface area contributed by atoms with E-state index in [0.29, 0.717) is 6.04 Å². The normalized spacial score (nSPS) is 12.1. The molecule has 0 spiro atoms. The number of rotatable bonds is 7. The molecule has 0 saturated heterocycles. The maximum atomic E-state index is 5.86. The molecule has 1 N–H and O–H groups in total. The van der Waals surface area contributed by atoms with Gasteiger partial charge in [0.15, 0.2) is 0 Å². The smallest absolute Gasteiger partial charge is 0.133 e. The van der Waals surface area contributed by atoms with E-state index < -0.39 is 0 Å². The van der Waals surface area contributed by atoms with Crippen LogP contribution in [0.5, 0.6) is 5.75 Å². The van der Waals surface area contributed by atoms with Gasteiger partial charge in [0.25, 0.3) is 0 Å². The molecule has 0 aliphatic rings. The summed E-state index contributed by atoms with van der Waals surface area (Å²) >= 11 is 3.59. The summed E-state index contributed by atoms with van der Waals surface area (Å²) in [5.41, 5.74) is 2.61. The summed E-state index contributed by atoms with van der Waals surface area (Å²) in [6, 6.07) is 17.1. The fourth-order valence-electron chi connectivity index (χ4n) is 2.17. The van der Waals surface area contributed by atoms with Gasteiger partial charge in [-0.2, -0.15) is 0 Å². The highest BCUT2D eigenvalue weighted by Crippen LogP contribution is 2.28. The molecule has 2 aromatic rings. The molecule has 1 atom stereocenters. The maximum Gasteiger partial charge on any atom is 0.133 e. The second-order valence-corrected chi connectivity index (χ2v) is 5.99. The van der Waals surface area contributed by atoms with E-state index in [0.717, 1.165) is 29.7 Å². The molecular weight excluding hydrogens is 326 g/mol. The Hall–Kier alpha value is -1.32. The van der Waals surface area contributed by atoms with Crippen LogP contribution < -0.4 is 10.1 Å². The van der Waals surface area contributed by atoms with Gasteiger partial charge in [0, 0.05) is 6.04 Å². The molecule has 0 fully saturated rings. The number of halogens is 1. The molecule has 112 valence electrons. The average Bonchev–Trinajstić information content (AvgIpc) is 2.53. The maximum absolute atomic E-state index is 5.86. The van der Waals surface area contributed by atoms with E-state index in [2.05, 4.69) is 64.6 Å². The summed E-state index contributed by atoms with van der Waals surface area (Å²) in [7, 11) is 1.96. The Labute approximate surface area is 135 Å². The van der Waals surface area contributed by atoms with E-state index in [-0.39, 0.29) is 0 Å². The lowest BCUT2D eigenvalue weighted by Crippen LogP contribution is -2.12. The molecule has 2 nitrogen and oxygen atoms in total. The van der Waals surface area contributed by atoms with Crippen LogP contribution in [0.15, 0.2) is 53.0 Å². The molecule has 2 rings (SSSR count). The summed E-state index contributed by atoms with van der Waals surface area (Å²) in [5.74, 6) is 0.912. The molecule has 0 aromatic heterocycles. The Kier molecular flexibility index (Phi) is 6.27. The highest BCUT2D eigenvalue weighted by molar-refractivity contribution is 9.10. The molecule has 0 bridgehead atoms. The highest BCUT2D eigenvalue weighted by Gasteiger charge is 2.07. The molecule has 3 heteroatoms. The van der Waals surface area contributed by atoms with Crippen molar-refractivity contribution in [2.45, 2.75) is 25.8 Å². The first kappa shape index (κ1) is 16.1. The minimum absolute atomic E-state index is 0.341. The SMILES string of the molecule is CNC(C)c1ccc(OCCCc2ccccc2)c(Br)c1. The fraction of sp³-hybridized carbons (Fsp3) is 0.333. The summed E-state index contributed by atoms with van der Waals surface area (Å²) in [6.45, 7) is 2.87. The van der Waals surface area contributed by atoms with Gasteiger partial charge in [-0.15, -0.1) is 0 Å². The second-order valence-electron chi connectivity index (χ2n) is 5.14. The van der Waals surface area contributed by atoms with Crippen LogP contribution in [-0.4, -0.2) is 13.7 Å². The zero-order valence-corrected chi connectivity index (χ0v) is 14.2. The standard InChI is InChI=1S/C18H22BrNO/c1-14(20-2)16-10-11-18(17(19)13-16)21-12-6-9-15-7-4-3-5-8-15/h3-5,7-8,10-11,13-14,20H,6,9,12H2,1-2H3. The Morgan fingerprint density at radius 2 is 1.90 bits per heavy atom. The molecule has 0 amide bonds. The van der Waals surface area contributed by atoms with Crippen molar-refractivity contribution in [2.75, 3.05) is 13.7 Å². The summed E-state index contributed by atoms with van der Waals surface area (Å²) < 4.78 is 6.88. The lowest BCUT2D eigenvalue weighted by Gasteiger charge is -2.13. The molecule has 0 saturated carbocycles. The summed E-state index contributed by atoms with van der Waals surface area (Å²) in [4.78, 5) is 0. The zero-order valence-electron chi connectivity index (χ0n) is 12.6. The van der Waals surface area contributed by atoms with E-state index in [4.69, 9.17) is 4.74 Å². The first-order valence-corrected chi connectivity index (χ1v) is 8.13. The van der Waals surface area contributed by atoms with Gasteiger partial charge in [0.2, 0.25) is 0 Å². The third-order valence-corrected chi connectivity index (χ3v) is 4.22. The molecular formula is C18H22BrNO. The van der Waals surface area contributed by atoms with E-state index >= 15 is 0 Å². The number of ether oxygens (including phenoxy) is 1. The predicted octanol–water partition coefficient (Wildman–Crippen LogP) is 4.74. The monoisotopic (exact) mass is 347 g/mol.